The second kappa shape index (κ2) is 6.63. The Kier molecular flexibility index (Phi) is 4.76. The Hall–Kier alpha value is -1.36. The van der Waals surface area contributed by atoms with Gasteiger partial charge in [0.25, 0.3) is 0 Å². The van der Waals surface area contributed by atoms with E-state index in [9.17, 15) is 4.39 Å². The maximum Gasteiger partial charge on any atom is 0.207 e. The van der Waals surface area contributed by atoms with E-state index in [4.69, 9.17) is 10.2 Å². The summed E-state index contributed by atoms with van der Waals surface area (Å²) in [4.78, 5) is 3.50. The van der Waals surface area contributed by atoms with Crippen molar-refractivity contribution < 1.29 is 9.50 Å². The highest BCUT2D eigenvalue weighted by Crippen LogP contribution is 2.40. The molecule has 0 saturated carbocycles. The number of anilines is 1. The summed E-state index contributed by atoms with van der Waals surface area (Å²) >= 11 is 5.65. The summed E-state index contributed by atoms with van der Waals surface area (Å²) in [6.07, 6.45) is 0.537. The molecule has 1 aromatic heterocycles. The molecule has 2 heterocycles. The number of alkyl halides is 1. The topological polar surface area (TPSA) is 104 Å². The normalized spacial score (nSPS) is 17.5. The van der Waals surface area contributed by atoms with Crippen LogP contribution in [0.15, 0.2) is 21.9 Å². The van der Waals surface area contributed by atoms with Crippen LogP contribution in [0.25, 0.3) is 11.4 Å². The minimum Gasteiger partial charge on any atom is -0.393 e. The summed E-state index contributed by atoms with van der Waals surface area (Å²) in [5, 5.41) is 28.9. The fourth-order valence-electron chi connectivity index (χ4n) is 2.71. The van der Waals surface area contributed by atoms with Gasteiger partial charge in [-0.2, -0.15) is 5.21 Å². The molecule has 0 spiro atoms. The van der Waals surface area contributed by atoms with Crippen molar-refractivity contribution in [3.05, 3.63) is 12.1 Å². The molecule has 1 aliphatic heterocycles. The van der Waals surface area contributed by atoms with Crippen LogP contribution in [0.3, 0.4) is 0 Å². The van der Waals surface area contributed by atoms with Crippen molar-refractivity contribution >= 4 is 30.3 Å². The van der Waals surface area contributed by atoms with Crippen LogP contribution < -0.4 is 10.0 Å². The minimum atomic E-state index is -1.50. The first-order valence-corrected chi connectivity index (χ1v) is 8.42. The van der Waals surface area contributed by atoms with Gasteiger partial charge in [0.15, 0.2) is 0 Å². The van der Waals surface area contributed by atoms with Gasteiger partial charge in [-0.15, -0.1) is 22.8 Å². The SMILES string of the molecule is NSc1ccc(N2CCC(F)(CO)CC2)c(-c2nn[nH]n2)c1S. The molecule has 7 nitrogen and oxygen atoms in total. The van der Waals surface area contributed by atoms with E-state index in [1.807, 2.05) is 17.0 Å². The molecule has 0 atom stereocenters. The van der Waals surface area contributed by atoms with E-state index >= 15 is 0 Å². The summed E-state index contributed by atoms with van der Waals surface area (Å²) in [6.45, 7) is 0.535. The zero-order valence-electron chi connectivity index (χ0n) is 12.2. The molecular formula is C13H17FN6OS2. The molecule has 1 fully saturated rings. The summed E-state index contributed by atoms with van der Waals surface area (Å²) in [6, 6.07) is 3.78. The van der Waals surface area contributed by atoms with Crippen LogP contribution in [0, 0.1) is 0 Å². The summed E-state index contributed by atoms with van der Waals surface area (Å²) < 4.78 is 14.2. The quantitative estimate of drug-likeness (QED) is 0.485. The standard InChI is InChI=1S/C13H17FN6OS2/c14-13(7-21)3-5-20(6-4-13)8-1-2-9(23-15)11(22)10(8)12-16-18-19-17-12/h1-2,21-22H,3-7,15H2,(H,16,17,18,19). The van der Waals surface area contributed by atoms with E-state index in [0.717, 1.165) is 22.5 Å². The molecule has 0 aliphatic carbocycles. The highest BCUT2D eigenvalue weighted by molar-refractivity contribution is 7.97. The highest BCUT2D eigenvalue weighted by Gasteiger charge is 2.35. The number of piperidine rings is 1. The van der Waals surface area contributed by atoms with Crippen LogP contribution in [-0.2, 0) is 0 Å². The Morgan fingerprint density at radius 1 is 1.43 bits per heavy atom. The lowest BCUT2D eigenvalue weighted by molar-refractivity contribution is 0.0481. The average molecular weight is 356 g/mol. The van der Waals surface area contributed by atoms with Crippen molar-refractivity contribution in [2.75, 3.05) is 24.6 Å². The second-order valence-corrected chi connectivity index (χ2v) is 6.58. The van der Waals surface area contributed by atoms with E-state index in [1.54, 1.807) is 0 Å². The number of aromatic nitrogens is 4. The van der Waals surface area contributed by atoms with E-state index in [-0.39, 0.29) is 12.8 Å². The molecule has 3 rings (SSSR count). The number of nitrogens with zero attached hydrogens (tertiary/aromatic N) is 4. The molecule has 0 amide bonds. The number of hydrogen-bond acceptors (Lipinski definition) is 8. The summed E-state index contributed by atoms with van der Waals surface area (Å²) in [7, 11) is 0. The Balaban J connectivity index is 1.98. The third-order valence-corrected chi connectivity index (χ3v) is 5.31. The third kappa shape index (κ3) is 3.16. The number of halogens is 1. The number of nitrogens with one attached hydrogen (secondary N) is 1. The van der Waals surface area contributed by atoms with Crippen molar-refractivity contribution in [1.29, 1.82) is 0 Å². The van der Waals surface area contributed by atoms with Gasteiger partial charge in [0, 0.05) is 41.4 Å². The Labute approximate surface area is 142 Å². The van der Waals surface area contributed by atoms with Crippen molar-refractivity contribution in [2.24, 2.45) is 5.14 Å². The minimum absolute atomic E-state index is 0.268. The molecule has 1 saturated heterocycles. The number of aliphatic hydroxyl groups excluding tert-OH is 1. The zero-order valence-corrected chi connectivity index (χ0v) is 13.9. The van der Waals surface area contributed by atoms with Crippen molar-refractivity contribution in [3.63, 3.8) is 0 Å². The molecule has 4 N–H and O–H groups in total. The van der Waals surface area contributed by atoms with Crippen LogP contribution in [0.1, 0.15) is 12.8 Å². The molecule has 23 heavy (non-hydrogen) atoms. The van der Waals surface area contributed by atoms with Crippen LogP contribution >= 0.6 is 24.6 Å². The average Bonchev–Trinajstić information content (AvgIpc) is 3.09. The first-order chi connectivity index (χ1) is 11.1. The first-order valence-electron chi connectivity index (χ1n) is 7.09. The number of aromatic amines is 1. The molecular weight excluding hydrogens is 339 g/mol. The fourth-order valence-corrected chi connectivity index (χ4v) is 3.52. The molecule has 124 valence electrons. The summed E-state index contributed by atoms with van der Waals surface area (Å²) in [5.41, 5.74) is 0.0710. The monoisotopic (exact) mass is 356 g/mol. The van der Waals surface area contributed by atoms with Crippen LogP contribution in [0.2, 0.25) is 0 Å². The second-order valence-electron chi connectivity index (χ2n) is 5.46. The van der Waals surface area contributed by atoms with Crippen molar-refractivity contribution in [1.82, 2.24) is 20.6 Å². The Bertz CT molecular complexity index is 675. The molecule has 0 radical (unpaired) electrons. The molecule has 2 aromatic rings. The number of benzene rings is 1. The number of nitrogens with two attached hydrogens (primary N) is 1. The molecule has 0 unspecified atom stereocenters. The Morgan fingerprint density at radius 3 is 2.74 bits per heavy atom. The van der Waals surface area contributed by atoms with Crippen molar-refractivity contribution in [2.45, 2.75) is 28.3 Å². The highest BCUT2D eigenvalue weighted by atomic mass is 32.2. The predicted octanol–water partition coefficient (Wildman–Crippen LogP) is 1.42. The van der Waals surface area contributed by atoms with Gasteiger partial charge in [0.2, 0.25) is 5.82 Å². The van der Waals surface area contributed by atoms with Gasteiger partial charge in [0.05, 0.1) is 12.2 Å². The third-order valence-electron chi connectivity index (χ3n) is 4.10. The van der Waals surface area contributed by atoms with Crippen LogP contribution in [0.5, 0.6) is 0 Å². The zero-order chi connectivity index (χ0) is 16.4. The van der Waals surface area contributed by atoms with Crippen molar-refractivity contribution in [3.8, 4) is 11.4 Å². The van der Waals surface area contributed by atoms with Crippen LogP contribution in [-0.4, -0.2) is 51.1 Å². The van der Waals surface area contributed by atoms with Crippen LogP contribution in [0.4, 0.5) is 10.1 Å². The van der Waals surface area contributed by atoms with E-state index < -0.39 is 12.3 Å². The molecule has 10 heteroatoms. The lowest BCUT2D eigenvalue weighted by atomic mass is 9.93. The van der Waals surface area contributed by atoms with Gasteiger partial charge in [-0.05, 0) is 29.3 Å². The lowest BCUT2D eigenvalue weighted by Gasteiger charge is -2.37. The Morgan fingerprint density at radius 2 is 2.17 bits per heavy atom. The van der Waals surface area contributed by atoms with Gasteiger partial charge >= 0.3 is 0 Å². The number of rotatable bonds is 4. The number of thiol groups is 1. The number of H-pyrrole nitrogens is 1. The lowest BCUT2D eigenvalue weighted by Crippen LogP contribution is -2.44. The van der Waals surface area contributed by atoms with E-state index in [2.05, 4.69) is 33.3 Å². The maximum atomic E-state index is 14.2. The van der Waals surface area contributed by atoms with Gasteiger partial charge in [-0.3, -0.25) is 5.14 Å². The van der Waals surface area contributed by atoms with Gasteiger partial charge in [-0.1, -0.05) is 0 Å². The fraction of sp³-hybridized carbons (Fsp3) is 0.462. The first kappa shape index (κ1) is 16.5. The van der Waals surface area contributed by atoms with Gasteiger partial charge in [-0.25, -0.2) is 4.39 Å². The van der Waals surface area contributed by atoms with E-state index in [0.29, 0.717) is 29.4 Å². The number of hydrogen-bond donors (Lipinski definition) is 4. The molecule has 0 bridgehead atoms. The number of tetrazole rings is 1. The predicted molar refractivity (Wildman–Crippen MR) is 89.3 cm³/mol. The van der Waals surface area contributed by atoms with Gasteiger partial charge in [0.1, 0.15) is 5.67 Å². The van der Waals surface area contributed by atoms with Gasteiger partial charge < -0.3 is 10.0 Å². The smallest absolute Gasteiger partial charge is 0.207 e. The molecule has 1 aromatic carbocycles. The molecule has 1 aliphatic rings. The largest absolute Gasteiger partial charge is 0.393 e. The maximum absolute atomic E-state index is 14.2. The number of aliphatic hydroxyl groups is 1. The van der Waals surface area contributed by atoms with E-state index in [1.165, 1.54) is 0 Å². The summed E-state index contributed by atoms with van der Waals surface area (Å²) in [5.74, 6) is 0.417.